The molecule has 0 saturated carbocycles. The molecule has 0 atom stereocenters. The molecule has 0 bridgehead atoms. The van der Waals surface area contributed by atoms with Gasteiger partial charge in [0.05, 0.1) is 11.4 Å². The van der Waals surface area contributed by atoms with E-state index < -0.39 is 5.97 Å². The number of hydrogen-bond donors (Lipinski definition) is 0. The van der Waals surface area contributed by atoms with Crippen LogP contribution in [0.4, 0.5) is 0 Å². The average molecular weight is 335 g/mol. The van der Waals surface area contributed by atoms with Crippen molar-refractivity contribution in [1.82, 2.24) is 9.78 Å². The molecule has 4 nitrogen and oxygen atoms in total. The molecule has 0 amide bonds. The van der Waals surface area contributed by atoms with Crippen LogP contribution in [0.1, 0.15) is 5.56 Å². The summed E-state index contributed by atoms with van der Waals surface area (Å²) in [5.74, 6) is -1.14. The number of aliphatic carboxylic acids is 1. The molecule has 0 radical (unpaired) electrons. The zero-order valence-corrected chi connectivity index (χ0v) is 15.3. The van der Waals surface area contributed by atoms with Crippen molar-refractivity contribution in [3.63, 3.8) is 0 Å². The van der Waals surface area contributed by atoms with Gasteiger partial charge in [0.2, 0.25) is 0 Å². The van der Waals surface area contributed by atoms with E-state index in [1.54, 1.807) is 23.0 Å². The predicted octanol–water partition coefficient (Wildman–Crippen LogP) is -0.511. The molecule has 1 aromatic heterocycles. The van der Waals surface area contributed by atoms with Crippen LogP contribution in [0.2, 0.25) is 5.02 Å². The molecule has 0 aliphatic rings. The van der Waals surface area contributed by atoms with E-state index in [-0.39, 0.29) is 36.0 Å². The van der Waals surface area contributed by atoms with Crippen LogP contribution < -0.4 is 34.7 Å². The number of aromatic nitrogens is 2. The molecule has 0 saturated heterocycles. The number of halogens is 1. The summed E-state index contributed by atoms with van der Waals surface area (Å²) in [7, 11) is 0. The van der Waals surface area contributed by atoms with Gasteiger partial charge in [0.15, 0.2) is 0 Å². The van der Waals surface area contributed by atoms with Crippen LogP contribution >= 0.6 is 11.6 Å². The van der Waals surface area contributed by atoms with E-state index >= 15 is 0 Å². The maximum Gasteiger partial charge on any atom is 1.00 e. The van der Waals surface area contributed by atoms with Gasteiger partial charge in [-0.05, 0) is 24.3 Å². The van der Waals surface area contributed by atoms with Crippen molar-refractivity contribution >= 4 is 17.6 Å². The smallest absolute Gasteiger partial charge is 0.550 e. The minimum atomic E-state index is -1.14. The zero-order valence-electron chi connectivity index (χ0n) is 12.6. The SMILES string of the molecule is O=C([O-])Cc1cn(-c2ccccc2)nc1-c1ccc(Cl)cc1.[Na+]. The second-order valence-corrected chi connectivity index (χ2v) is 5.28. The molecular formula is C17H12ClN2NaO2. The molecule has 1 heterocycles. The topological polar surface area (TPSA) is 57.9 Å². The average Bonchev–Trinajstić information content (AvgIpc) is 2.92. The summed E-state index contributed by atoms with van der Waals surface area (Å²) >= 11 is 5.89. The monoisotopic (exact) mass is 334 g/mol. The Labute approximate surface area is 161 Å². The Morgan fingerprint density at radius 1 is 1.09 bits per heavy atom. The van der Waals surface area contributed by atoms with Crippen LogP contribution in [0.15, 0.2) is 60.8 Å². The van der Waals surface area contributed by atoms with Crippen LogP contribution in [0.3, 0.4) is 0 Å². The normalized spacial score (nSPS) is 10.1. The van der Waals surface area contributed by atoms with E-state index in [9.17, 15) is 9.90 Å². The minimum Gasteiger partial charge on any atom is -0.550 e. The molecule has 0 spiro atoms. The third-order valence-electron chi connectivity index (χ3n) is 3.26. The summed E-state index contributed by atoms with van der Waals surface area (Å²) in [6.45, 7) is 0. The summed E-state index contributed by atoms with van der Waals surface area (Å²) in [6.07, 6.45) is 1.53. The van der Waals surface area contributed by atoms with Gasteiger partial charge in [-0.25, -0.2) is 4.68 Å². The Bertz CT molecular complexity index is 801. The van der Waals surface area contributed by atoms with Crippen molar-refractivity contribution in [2.24, 2.45) is 0 Å². The molecule has 110 valence electrons. The number of carboxylic acids is 1. The van der Waals surface area contributed by atoms with Crippen molar-refractivity contribution in [2.75, 3.05) is 0 Å². The molecule has 6 heteroatoms. The molecule has 0 unspecified atom stereocenters. The molecule has 3 rings (SSSR count). The fourth-order valence-electron chi connectivity index (χ4n) is 2.26. The number of benzene rings is 2. The Balaban J connectivity index is 0.00000192. The Hall–Kier alpha value is -1.59. The quantitative estimate of drug-likeness (QED) is 0.604. The predicted molar refractivity (Wildman–Crippen MR) is 82.7 cm³/mol. The fourth-order valence-corrected chi connectivity index (χ4v) is 2.38. The third kappa shape index (κ3) is 4.24. The number of para-hydroxylation sites is 1. The Morgan fingerprint density at radius 2 is 1.74 bits per heavy atom. The summed E-state index contributed by atoms with van der Waals surface area (Å²) in [4.78, 5) is 11.0. The van der Waals surface area contributed by atoms with Gasteiger partial charge in [-0.3, -0.25) is 0 Å². The minimum absolute atomic E-state index is 0. The van der Waals surface area contributed by atoms with E-state index in [4.69, 9.17) is 11.6 Å². The van der Waals surface area contributed by atoms with Crippen LogP contribution in [0.25, 0.3) is 16.9 Å². The second kappa shape index (κ2) is 7.79. The van der Waals surface area contributed by atoms with E-state index in [1.807, 2.05) is 42.5 Å². The summed E-state index contributed by atoms with van der Waals surface area (Å²) in [5.41, 5.74) is 2.90. The first-order valence-electron chi connectivity index (χ1n) is 6.73. The van der Waals surface area contributed by atoms with Gasteiger partial charge >= 0.3 is 29.6 Å². The van der Waals surface area contributed by atoms with Crippen LogP contribution in [-0.4, -0.2) is 15.7 Å². The van der Waals surface area contributed by atoms with Crippen molar-refractivity contribution in [3.05, 3.63) is 71.4 Å². The van der Waals surface area contributed by atoms with Gasteiger partial charge in [0.25, 0.3) is 0 Å². The van der Waals surface area contributed by atoms with E-state index in [0.717, 1.165) is 11.3 Å². The summed E-state index contributed by atoms with van der Waals surface area (Å²) < 4.78 is 1.67. The molecule has 0 fully saturated rings. The zero-order chi connectivity index (χ0) is 15.5. The number of carbonyl (C=O) groups is 1. The number of rotatable bonds is 4. The molecule has 0 aliphatic heterocycles. The summed E-state index contributed by atoms with van der Waals surface area (Å²) in [5, 5.41) is 16.1. The van der Waals surface area contributed by atoms with Crippen LogP contribution in [0.5, 0.6) is 0 Å². The number of nitrogens with zero attached hydrogens (tertiary/aromatic N) is 2. The Kier molecular flexibility index (Phi) is 6.02. The van der Waals surface area contributed by atoms with Gasteiger partial charge < -0.3 is 9.90 Å². The molecular weight excluding hydrogens is 323 g/mol. The van der Waals surface area contributed by atoms with Gasteiger partial charge in [-0.1, -0.05) is 41.9 Å². The van der Waals surface area contributed by atoms with Gasteiger partial charge in [0, 0.05) is 34.7 Å². The van der Waals surface area contributed by atoms with Gasteiger partial charge in [0.1, 0.15) is 0 Å². The number of carboxylic acid groups (broad SMARTS) is 1. The van der Waals surface area contributed by atoms with E-state index in [1.165, 1.54) is 0 Å². The van der Waals surface area contributed by atoms with E-state index in [2.05, 4.69) is 5.10 Å². The number of hydrogen-bond acceptors (Lipinski definition) is 3. The van der Waals surface area contributed by atoms with E-state index in [0.29, 0.717) is 16.3 Å². The Morgan fingerprint density at radius 3 is 2.35 bits per heavy atom. The molecule has 3 aromatic rings. The van der Waals surface area contributed by atoms with Crippen molar-refractivity contribution in [3.8, 4) is 16.9 Å². The molecule has 0 aliphatic carbocycles. The van der Waals surface area contributed by atoms with Crippen molar-refractivity contribution in [1.29, 1.82) is 0 Å². The maximum absolute atomic E-state index is 11.0. The number of carbonyl (C=O) groups excluding carboxylic acids is 1. The first-order chi connectivity index (χ1) is 10.6. The maximum atomic E-state index is 11.0. The third-order valence-corrected chi connectivity index (χ3v) is 3.52. The first kappa shape index (κ1) is 17.8. The molecule has 23 heavy (non-hydrogen) atoms. The van der Waals surface area contributed by atoms with Crippen LogP contribution in [-0.2, 0) is 11.2 Å². The fraction of sp³-hybridized carbons (Fsp3) is 0.0588. The molecule has 2 aromatic carbocycles. The first-order valence-corrected chi connectivity index (χ1v) is 7.11. The van der Waals surface area contributed by atoms with Gasteiger partial charge in [-0.15, -0.1) is 0 Å². The van der Waals surface area contributed by atoms with Gasteiger partial charge in [-0.2, -0.15) is 5.10 Å². The standard InChI is InChI=1S/C17H13ClN2O2.Na/c18-14-8-6-12(7-9-14)17-13(10-16(21)22)11-20(19-17)15-4-2-1-3-5-15;/h1-9,11H,10H2,(H,21,22);/q;+1/p-1. The summed E-state index contributed by atoms with van der Waals surface area (Å²) in [6, 6.07) is 16.7. The van der Waals surface area contributed by atoms with Crippen molar-refractivity contribution in [2.45, 2.75) is 6.42 Å². The largest absolute Gasteiger partial charge is 1.00 e. The van der Waals surface area contributed by atoms with Crippen molar-refractivity contribution < 1.29 is 39.5 Å². The second-order valence-electron chi connectivity index (χ2n) is 4.84. The molecule has 0 N–H and O–H groups in total. The van der Waals surface area contributed by atoms with Crippen LogP contribution in [0, 0.1) is 0 Å².